The summed E-state index contributed by atoms with van der Waals surface area (Å²) in [6, 6.07) is 8.03. The number of aromatic nitrogens is 4. The molecule has 0 saturated carbocycles. The SMILES string of the molecule is Cc1cccnc1Nc1cc(C2CCCN(C(=O)/C=C/c3cnc[nH]3)C2)ccn1. The van der Waals surface area contributed by atoms with Crippen LogP contribution in [0.15, 0.2) is 55.3 Å². The highest BCUT2D eigenvalue weighted by molar-refractivity contribution is 5.91. The summed E-state index contributed by atoms with van der Waals surface area (Å²) in [5.41, 5.74) is 3.07. The molecule has 0 aromatic carbocycles. The third-order valence-electron chi connectivity index (χ3n) is 5.17. The second-order valence-electron chi connectivity index (χ2n) is 7.23. The number of pyridine rings is 2. The van der Waals surface area contributed by atoms with Gasteiger partial charge in [0.25, 0.3) is 0 Å². The lowest BCUT2D eigenvalue weighted by atomic mass is 9.91. The zero-order valence-electron chi connectivity index (χ0n) is 16.4. The number of H-pyrrole nitrogens is 1. The van der Waals surface area contributed by atoms with E-state index in [0.29, 0.717) is 12.5 Å². The van der Waals surface area contributed by atoms with Crippen molar-refractivity contribution < 1.29 is 4.79 Å². The first-order valence-corrected chi connectivity index (χ1v) is 9.79. The van der Waals surface area contributed by atoms with Crippen LogP contribution in [-0.2, 0) is 4.79 Å². The molecule has 1 fully saturated rings. The van der Waals surface area contributed by atoms with E-state index in [1.54, 1.807) is 30.9 Å². The molecule has 1 aliphatic rings. The Labute approximate surface area is 169 Å². The van der Waals surface area contributed by atoms with Crippen LogP contribution in [0.1, 0.15) is 35.6 Å². The van der Waals surface area contributed by atoms with Crippen molar-refractivity contribution in [1.29, 1.82) is 0 Å². The first-order chi connectivity index (χ1) is 14.2. The molecule has 3 aromatic heterocycles. The Morgan fingerprint density at radius 3 is 3.07 bits per heavy atom. The molecular weight excluding hydrogens is 364 g/mol. The number of carbonyl (C=O) groups excluding carboxylic acids is 1. The minimum absolute atomic E-state index is 0.0285. The van der Waals surface area contributed by atoms with Crippen LogP contribution in [0.5, 0.6) is 0 Å². The zero-order chi connectivity index (χ0) is 20.1. The van der Waals surface area contributed by atoms with Crippen molar-refractivity contribution in [3.05, 3.63) is 72.1 Å². The van der Waals surface area contributed by atoms with E-state index in [1.807, 2.05) is 36.2 Å². The number of piperidine rings is 1. The number of nitrogens with zero attached hydrogens (tertiary/aromatic N) is 4. The normalized spacial score (nSPS) is 16.9. The molecular formula is C22H24N6O. The average Bonchev–Trinajstić information content (AvgIpc) is 3.28. The van der Waals surface area contributed by atoms with Gasteiger partial charge in [-0.25, -0.2) is 15.0 Å². The molecule has 4 heterocycles. The van der Waals surface area contributed by atoms with Crippen molar-refractivity contribution in [1.82, 2.24) is 24.8 Å². The van der Waals surface area contributed by atoms with Crippen LogP contribution >= 0.6 is 0 Å². The number of amides is 1. The molecule has 29 heavy (non-hydrogen) atoms. The predicted octanol–water partition coefficient (Wildman–Crippen LogP) is 3.67. The van der Waals surface area contributed by atoms with Gasteiger partial charge >= 0.3 is 0 Å². The van der Waals surface area contributed by atoms with E-state index in [1.165, 1.54) is 5.56 Å². The Morgan fingerprint density at radius 2 is 2.24 bits per heavy atom. The van der Waals surface area contributed by atoms with Gasteiger partial charge in [-0.3, -0.25) is 4.79 Å². The number of aryl methyl sites for hydroxylation is 1. The highest BCUT2D eigenvalue weighted by atomic mass is 16.2. The molecule has 1 unspecified atom stereocenters. The van der Waals surface area contributed by atoms with Crippen LogP contribution in [0.4, 0.5) is 11.6 Å². The van der Waals surface area contributed by atoms with Crippen LogP contribution in [0.25, 0.3) is 6.08 Å². The lowest BCUT2D eigenvalue weighted by Gasteiger charge is -2.32. The van der Waals surface area contributed by atoms with E-state index in [4.69, 9.17) is 0 Å². The second-order valence-corrected chi connectivity index (χ2v) is 7.23. The summed E-state index contributed by atoms with van der Waals surface area (Å²) >= 11 is 0. The number of carbonyl (C=O) groups is 1. The first kappa shape index (κ1) is 18.9. The molecule has 1 amide bonds. The number of imidazole rings is 1. The van der Waals surface area contributed by atoms with Crippen molar-refractivity contribution in [2.75, 3.05) is 18.4 Å². The molecule has 0 aliphatic carbocycles. The molecule has 4 rings (SSSR count). The second kappa shape index (κ2) is 8.68. The number of hydrogen-bond donors (Lipinski definition) is 2. The van der Waals surface area contributed by atoms with Gasteiger partial charge in [-0.1, -0.05) is 6.07 Å². The van der Waals surface area contributed by atoms with E-state index in [2.05, 4.69) is 31.3 Å². The van der Waals surface area contributed by atoms with E-state index in [9.17, 15) is 4.79 Å². The Balaban J connectivity index is 1.44. The smallest absolute Gasteiger partial charge is 0.246 e. The van der Waals surface area contributed by atoms with Crippen molar-refractivity contribution in [3.8, 4) is 0 Å². The maximum atomic E-state index is 12.6. The quantitative estimate of drug-likeness (QED) is 0.651. The third kappa shape index (κ3) is 4.68. The minimum Gasteiger partial charge on any atom is -0.345 e. The average molecular weight is 388 g/mol. The molecule has 7 heteroatoms. The number of nitrogens with one attached hydrogen (secondary N) is 2. The zero-order valence-corrected chi connectivity index (χ0v) is 16.4. The van der Waals surface area contributed by atoms with Gasteiger partial charge in [-0.05, 0) is 55.2 Å². The molecule has 1 atom stereocenters. The van der Waals surface area contributed by atoms with Crippen molar-refractivity contribution >= 4 is 23.6 Å². The summed E-state index contributed by atoms with van der Waals surface area (Å²) in [5, 5.41) is 3.30. The van der Waals surface area contributed by atoms with Gasteiger partial charge in [-0.2, -0.15) is 0 Å². The van der Waals surface area contributed by atoms with Crippen LogP contribution in [0, 0.1) is 6.92 Å². The van der Waals surface area contributed by atoms with Gasteiger partial charge in [0, 0.05) is 37.5 Å². The van der Waals surface area contributed by atoms with Crippen LogP contribution in [0.2, 0.25) is 0 Å². The maximum absolute atomic E-state index is 12.6. The summed E-state index contributed by atoms with van der Waals surface area (Å²) in [6.45, 7) is 3.50. The fraction of sp³-hybridized carbons (Fsp3) is 0.273. The summed E-state index contributed by atoms with van der Waals surface area (Å²) < 4.78 is 0. The Hall–Kier alpha value is -3.48. The molecule has 0 spiro atoms. The first-order valence-electron chi connectivity index (χ1n) is 9.79. The molecule has 0 radical (unpaired) electrons. The number of rotatable bonds is 5. The summed E-state index contributed by atoms with van der Waals surface area (Å²) in [4.78, 5) is 30.2. The predicted molar refractivity (Wildman–Crippen MR) is 113 cm³/mol. The van der Waals surface area contributed by atoms with Crippen LogP contribution in [-0.4, -0.2) is 43.8 Å². The van der Waals surface area contributed by atoms with Gasteiger partial charge in [0.05, 0.1) is 18.2 Å². The maximum Gasteiger partial charge on any atom is 0.246 e. The number of aromatic amines is 1. The Bertz CT molecular complexity index is 998. The summed E-state index contributed by atoms with van der Waals surface area (Å²) in [6.07, 6.45) is 12.3. The van der Waals surface area contributed by atoms with Gasteiger partial charge < -0.3 is 15.2 Å². The highest BCUT2D eigenvalue weighted by Crippen LogP contribution is 2.28. The topological polar surface area (TPSA) is 86.8 Å². The standard InChI is InChI=1S/C22H24N6O/c1-16-4-2-9-25-22(16)27-20-12-17(8-10-24-20)18-5-3-11-28(14-18)21(29)7-6-19-13-23-15-26-19/h2,4,6-10,12-13,15,18H,3,5,11,14H2,1H3,(H,23,26)(H,24,25,27)/b7-6+. The molecule has 2 N–H and O–H groups in total. The molecule has 1 aliphatic heterocycles. The van der Waals surface area contributed by atoms with Gasteiger partial charge in [0.15, 0.2) is 0 Å². The van der Waals surface area contributed by atoms with E-state index >= 15 is 0 Å². The fourth-order valence-electron chi connectivity index (χ4n) is 3.58. The van der Waals surface area contributed by atoms with E-state index in [-0.39, 0.29) is 5.91 Å². The summed E-state index contributed by atoms with van der Waals surface area (Å²) in [7, 11) is 0. The fourth-order valence-corrected chi connectivity index (χ4v) is 3.58. The lowest BCUT2D eigenvalue weighted by Crippen LogP contribution is -2.38. The number of hydrogen-bond acceptors (Lipinski definition) is 5. The summed E-state index contributed by atoms with van der Waals surface area (Å²) in [5.74, 6) is 1.90. The minimum atomic E-state index is 0.0285. The van der Waals surface area contributed by atoms with Gasteiger partial charge in [-0.15, -0.1) is 0 Å². The molecule has 0 bridgehead atoms. The van der Waals surface area contributed by atoms with Crippen molar-refractivity contribution in [2.24, 2.45) is 0 Å². The molecule has 7 nitrogen and oxygen atoms in total. The van der Waals surface area contributed by atoms with Crippen LogP contribution in [0.3, 0.4) is 0 Å². The third-order valence-corrected chi connectivity index (χ3v) is 5.17. The van der Waals surface area contributed by atoms with Crippen LogP contribution < -0.4 is 5.32 Å². The van der Waals surface area contributed by atoms with Gasteiger partial charge in [0.1, 0.15) is 11.6 Å². The number of anilines is 2. The van der Waals surface area contributed by atoms with Gasteiger partial charge in [0.2, 0.25) is 5.91 Å². The Morgan fingerprint density at radius 1 is 1.31 bits per heavy atom. The number of likely N-dealkylation sites (tertiary alicyclic amines) is 1. The molecule has 148 valence electrons. The highest BCUT2D eigenvalue weighted by Gasteiger charge is 2.24. The van der Waals surface area contributed by atoms with E-state index in [0.717, 1.165) is 42.3 Å². The largest absolute Gasteiger partial charge is 0.345 e. The molecule has 1 saturated heterocycles. The van der Waals surface area contributed by atoms with Crippen molar-refractivity contribution in [3.63, 3.8) is 0 Å². The van der Waals surface area contributed by atoms with E-state index < -0.39 is 0 Å². The monoisotopic (exact) mass is 388 g/mol. The molecule has 3 aromatic rings. The lowest BCUT2D eigenvalue weighted by molar-refractivity contribution is -0.127. The Kier molecular flexibility index (Phi) is 5.65. The van der Waals surface area contributed by atoms with Crippen molar-refractivity contribution in [2.45, 2.75) is 25.7 Å².